The van der Waals surface area contributed by atoms with E-state index in [1.54, 1.807) is 12.1 Å². The van der Waals surface area contributed by atoms with Crippen LogP contribution in [0.3, 0.4) is 0 Å². The molecule has 0 amide bonds. The first-order valence-corrected chi connectivity index (χ1v) is 8.10. The lowest BCUT2D eigenvalue weighted by Crippen LogP contribution is -2.51. The smallest absolute Gasteiger partial charge is 0.303 e. The van der Waals surface area contributed by atoms with E-state index in [4.69, 9.17) is 18.6 Å². The molecule has 1 aromatic heterocycles. The van der Waals surface area contributed by atoms with Crippen molar-refractivity contribution in [2.24, 2.45) is 0 Å². The van der Waals surface area contributed by atoms with Crippen LogP contribution in [0.5, 0.6) is 0 Å². The second kappa shape index (κ2) is 7.54. The van der Waals surface area contributed by atoms with Crippen molar-refractivity contribution < 1.29 is 33.0 Å². The second-order valence-electron chi connectivity index (χ2n) is 5.07. The predicted molar refractivity (Wildman–Crippen MR) is 80.6 cm³/mol. The standard InChI is InChI=1S/C15H18O7S/c1-8(16)20-12-7-23-15(11-5-4-6-19-11)14(22-10(3)18)13(12)21-9(2)17/h4-6,12-15H,7H2,1-3H3/t12-,13+,14-,15+/m1/s1. The molecule has 0 radical (unpaired) electrons. The lowest BCUT2D eigenvalue weighted by atomic mass is 10.0. The fourth-order valence-corrected chi connectivity index (χ4v) is 3.79. The Morgan fingerprint density at radius 2 is 1.65 bits per heavy atom. The lowest BCUT2D eigenvalue weighted by molar-refractivity contribution is -0.182. The summed E-state index contributed by atoms with van der Waals surface area (Å²) >= 11 is 1.41. The molecule has 1 aromatic rings. The normalized spacial score (nSPS) is 27.1. The number of ether oxygens (including phenoxy) is 3. The molecule has 2 rings (SSSR count). The third-order valence-corrected chi connectivity index (χ3v) is 4.55. The summed E-state index contributed by atoms with van der Waals surface area (Å²) in [6, 6.07) is 3.48. The third kappa shape index (κ3) is 4.51. The molecule has 0 unspecified atom stereocenters. The maximum Gasteiger partial charge on any atom is 0.303 e. The van der Waals surface area contributed by atoms with Gasteiger partial charge in [-0.1, -0.05) is 0 Å². The van der Waals surface area contributed by atoms with Gasteiger partial charge in [0.25, 0.3) is 0 Å². The summed E-state index contributed by atoms with van der Waals surface area (Å²) in [6.07, 6.45) is -0.890. The molecule has 1 saturated heterocycles. The van der Waals surface area contributed by atoms with Gasteiger partial charge in [0.1, 0.15) is 11.0 Å². The number of carbonyl (C=O) groups is 3. The molecular weight excluding hydrogens is 324 g/mol. The summed E-state index contributed by atoms with van der Waals surface area (Å²) < 4.78 is 21.3. The van der Waals surface area contributed by atoms with Gasteiger partial charge in [-0.15, -0.1) is 11.8 Å². The number of hydrogen-bond donors (Lipinski definition) is 0. The second-order valence-corrected chi connectivity index (χ2v) is 6.24. The number of hydrogen-bond acceptors (Lipinski definition) is 8. The van der Waals surface area contributed by atoms with Gasteiger partial charge in [0.2, 0.25) is 0 Å². The molecule has 0 spiro atoms. The van der Waals surface area contributed by atoms with Crippen molar-refractivity contribution in [2.75, 3.05) is 5.75 Å². The topological polar surface area (TPSA) is 92.0 Å². The number of rotatable bonds is 4. The number of thioether (sulfide) groups is 1. The van der Waals surface area contributed by atoms with E-state index in [-0.39, 0.29) is 5.25 Å². The molecule has 0 aliphatic carbocycles. The molecule has 4 atom stereocenters. The van der Waals surface area contributed by atoms with Gasteiger partial charge in [-0.2, -0.15) is 0 Å². The van der Waals surface area contributed by atoms with Crippen LogP contribution in [-0.2, 0) is 28.6 Å². The van der Waals surface area contributed by atoms with E-state index in [0.29, 0.717) is 11.5 Å². The Morgan fingerprint density at radius 1 is 1.04 bits per heavy atom. The van der Waals surface area contributed by atoms with Crippen molar-refractivity contribution in [3.63, 3.8) is 0 Å². The Bertz CT molecular complexity index is 568. The van der Waals surface area contributed by atoms with Gasteiger partial charge in [-0.3, -0.25) is 14.4 Å². The Balaban J connectivity index is 2.31. The SMILES string of the molecule is CC(=O)O[C@@H]1[C@@H](OC(C)=O)[C@H](c2ccco2)SC[C@H]1OC(C)=O. The van der Waals surface area contributed by atoms with Gasteiger partial charge < -0.3 is 18.6 Å². The van der Waals surface area contributed by atoms with E-state index < -0.39 is 36.2 Å². The Morgan fingerprint density at radius 3 is 2.17 bits per heavy atom. The highest BCUT2D eigenvalue weighted by Gasteiger charge is 2.47. The molecule has 7 nitrogen and oxygen atoms in total. The van der Waals surface area contributed by atoms with Crippen molar-refractivity contribution >= 4 is 29.7 Å². The predicted octanol–water partition coefficient (Wildman–Crippen LogP) is 1.86. The van der Waals surface area contributed by atoms with Crippen LogP contribution in [0.2, 0.25) is 0 Å². The zero-order valence-corrected chi connectivity index (χ0v) is 13.8. The van der Waals surface area contributed by atoms with Crippen molar-refractivity contribution in [3.8, 4) is 0 Å². The Hall–Kier alpha value is -1.96. The Kier molecular flexibility index (Phi) is 5.70. The fraction of sp³-hybridized carbons (Fsp3) is 0.533. The minimum atomic E-state index is -0.892. The van der Waals surface area contributed by atoms with Crippen LogP contribution in [0.1, 0.15) is 31.8 Å². The molecule has 1 fully saturated rings. The van der Waals surface area contributed by atoms with Crippen molar-refractivity contribution in [1.29, 1.82) is 0 Å². The van der Waals surface area contributed by atoms with Gasteiger partial charge in [-0.05, 0) is 12.1 Å². The van der Waals surface area contributed by atoms with Crippen molar-refractivity contribution in [2.45, 2.75) is 44.3 Å². The molecule has 0 bridgehead atoms. The van der Waals surface area contributed by atoms with Gasteiger partial charge in [0, 0.05) is 26.5 Å². The molecule has 1 aliphatic heterocycles. The first-order chi connectivity index (χ1) is 10.9. The van der Waals surface area contributed by atoms with E-state index in [1.165, 1.54) is 38.8 Å². The van der Waals surface area contributed by atoms with Gasteiger partial charge in [0.05, 0.1) is 6.26 Å². The number of carbonyl (C=O) groups excluding carboxylic acids is 3. The fourth-order valence-electron chi connectivity index (χ4n) is 2.44. The molecule has 126 valence electrons. The van der Waals surface area contributed by atoms with Gasteiger partial charge in [0.15, 0.2) is 18.3 Å². The number of furan rings is 1. The summed E-state index contributed by atoms with van der Waals surface area (Å²) in [4.78, 5) is 34.2. The monoisotopic (exact) mass is 342 g/mol. The maximum atomic E-state index is 11.5. The largest absolute Gasteiger partial charge is 0.468 e. The molecular formula is C15H18O7S. The highest BCUT2D eigenvalue weighted by atomic mass is 32.2. The minimum absolute atomic E-state index is 0.356. The van der Waals surface area contributed by atoms with Gasteiger partial charge >= 0.3 is 17.9 Å². The molecule has 1 aliphatic rings. The van der Waals surface area contributed by atoms with E-state index in [1.807, 2.05) is 0 Å². The molecule has 0 aromatic carbocycles. The van der Waals surface area contributed by atoms with E-state index in [2.05, 4.69) is 0 Å². The van der Waals surface area contributed by atoms with Crippen LogP contribution >= 0.6 is 11.8 Å². The van der Waals surface area contributed by atoms with Crippen LogP contribution in [0.15, 0.2) is 22.8 Å². The average molecular weight is 342 g/mol. The highest BCUT2D eigenvalue weighted by Crippen LogP contribution is 2.42. The molecule has 8 heteroatoms. The van der Waals surface area contributed by atoms with Crippen LogP contribution in [0.4, 0.5) is 0 Å². The molecule has 2 heterocycles. The summed E-state index contributed by atoms with van der Waals surface area (Å²) in [7, 11) is 0. The van der Waals surface area contributed by atoms with Crippen molar-refractivity contribution in [1.82, 2.24) is 0 Å². The highest BCUT2D eigenvalue weighted by molar-refractivity contribution is 7.99. The van der Waals surface area contributed by atoms with Crippen LogP contribution in [0, 0.1) is 0 Å². The Labute approximate surface area is 137 Å². The first kappa shape index (κ1) is 17.4. The third-order valence-electron chi connectivity index (χ3n) is 3.17. The zero-order valence-electron chi connectivity index (χ0n) is 13.0. The minimum Gasteiger partial charge on any atom is -0.468 e. The van der Waals surface area contributed by atoms with E-state index >= 15 is 0 Å². The first-order valence-electron chi connectivity index (χ1n) is 7.05. The summed E-state index contributed by atoms with van der Waals surface area (Å²) in [5, 5.41) is -0.356. The zero-order chi connectivity index (χ0) is 17.0. The van der Waals surface area contributed by atoms with Crippen molar-refractivity contribution in [3.05, 3.63) is 24.2 Å². The average Bonchev–Trinajstić information content (AvgIpc) is 2.94. The summed E-state index contributed by atoms with van der Waals surface area (Å²) in [5.41, 5.74) is 0. The lowest BCUT2D eigenvalue weighted by Gasteiger charge is -2.39. The van der Waals surface area contributed by atoms with Crippen LogP contribution in [0.25, 0.3) is 0 Å². The quantitative estimate of drug-likeness (QED) is 0.605. The van der Waals surface area contributed by atoms with Crippen LogP contribution in [-0.4, -0.2) is 42.0 Å². The van der Waals surface area contributed by atoms with E-state index in [0.717, 1.165) is 0 Å². The summed E-state index contributed by atoms with van der Waals surface area (Å²) in [6.45, 7) is 3.79. The maximum absolute atomic E-state index is 11.5. The molecule has 23 heavy (non-hydrogen) atoms. The molecule has 0 saturated carbocycles. The summed E-state index contributed by atoms with van der Waals surface area (Å²) in [5.74, 6) is -0.576. The van der Waals surface area contributed by atoms with Crippen LogP contribution < -0.4 is 0 Å². The number of esters is 3. The van der Waals surface area contributed by atoms with Gasteiger partial charge in [-0.25, -0.2) is 0 Å². The van der Waals surface area contributed by atoms with E-state index in [9.17, 15) is 14.4 Å². The molecule has 0 N–H and O–H groups in total.